The number of carbonyl (C=O) groups excluding carboxylic acids is 2. The van der Waals surface area contributed by atoms with Crippen molar-refractivity contribution >= 4 is 23.2 Å². The zero-order valence-electron chi connectivity index (χ0n) is 10.4. The summed E-state index contributed by atoms with van der Waals surface area (Å²) in [6.07, 6.45) is 1.11. The number of rotatable bonds is 2. The summed E-state index contributed by atoms with van der Waals surface area (Å²) < 4.78 is 0. The van der Waals surface area contributed by atoms with Gasteiger partial charge < -0.3 is 15.7 Å². The molecule has 0 atom stereocenters. The van der Waals surface area contributed by atoms with Gasteiger partial charge in [-0.15, -0.1) is 0 Å². The third kappa shape index (κ3) is 2.68. The first-order valence-electron chi connectivity index (χ1n) is 5.83. The Morgan fingerprint density at radius 2 is 2.11 bits per heavy atom. The summed E-state index contributed by atoms with van der Waals surface area (Å²) in [7, 11) is 0. The Balaban J connectivity index is 2.17. The molecule has 1 aliphatic heterocycles. The third-order valence-electron chi connectivity index (χ3n) is 2.81. The van der Waals surface area contributed by atoms with Crippen molar-refractivity contribution in [2.75, 3.05) is 10.6 Å². The maximum atomic E-state index is 11.6. The molecule has 2 amide bonds. The van der Waals surface area contributed by atoms with Gasteiger partial charge in [0.05, 0.1) is 0 Å². The number of fused-ring (bicyclic) bond motifs is 1. The van der Waals surface area contributed by atoms with Gasteiger partial charge >= 0.3 is 0 Å². The van der Waals surface area contributed by atoms with Gasteiger partial charge in [-0.2, -0.15) is 0 Å². The monoisotopic (exact) mass is 248 g/mol. The molecular formula is C13H16N2O3. The zero-order valence-corrected chi connectivity index (χ0v) is 10.4. The lowest BCUT2D eigenvalue weighted by atomic mass is 10.0. The van der Waals surface area contributed by atoms with Crippen molar-refractivity contribution in [3.8, 4) is 0 Å². The molecule has 0 aliphatic carbocycles. The quantitative estimate of drug-likeness (QED) is 0.737. The molecule has 5 heteroatoms. The predicted octanol–water partition coefficient (Wildman–Crippen LogP) is 1.28. The van der Waals surface area contributed by atoms with Gasteiger partial charge in [-0.05, 0) is 44.0 Å². The molecule has 2 rings (SSSR count). The van der Waals surface area contributed by atoms with Crippen molar-refractivity contribution < 1.29 is 14.7 Å². The Morgan fingerprint density at radius 3 is 2.78 bits per heavy atom. The molecule has 0 fully saturated rings. The van der Waals surface area contributed by atoms with Crippen LogP contribution in [0.4, 0.5) is 11.4 Å². The average Bonchev–Trinajstić information content (AvgIpc) is 2.28. The number of nitrogens with one attached hydrogen (secondary N) is 2. The van der Waals surface area contributed by atoms with E-state index in [1.54, 1.807) is 12.1 Å². The van der Waals surface area contributed by atoms with E-state index in [2.05, 4.69) is 10.6 Å². The van der Waals surface area contributed by atoms with Crippen molar-refractivity contribution in [2.24, 2.45) is 0 Å². The smallest absolute Gasteiger partial charge is 0.255 e. The van der Waals surface area contributed by atoms with Crippen molar-refractivity contribution in [1.82, 2.24) is 0 Å². The fourth-order valence-electron chi connectivity index (χ4n) is 1.75. The molecule has 5 nitrogen and oxygen atoms in total. The lowest BCUT2D eigenvalue weighted by Crippen LogP contribution is -2.36. The van der Waals surface area contributed by atoms with Crippen LogP contribution in [0.3, 0.4) is 0 Å². The zero-order chi connectivity index (χ0) is 13.3. The second-order valence-electron chi connectivity index (χ2n) is 4.93. The fourth-order valence-corrected chi connectivity index (χ4v) is 1.75. The molecule has 0 spiro atoms. The lowest BCUT2D eigenvalue weighted by molar-refractivity contribution is -0.130. The Hall–Kier alpha value is -1.88. The van der Waals surface area contributed by atoms with E-state index in [0.29, 0.717) is 18.5 Å². The molecule has 1 aliphatic rings. The summed E-state index contributed by atoms with van der Waals surface area (Å²) >= 11 is 0. The lowest BCUT2D eigenvalue weighted by Gasteiger charge is -2.20. The standard InChI is InChI=1S/C13H16N2O3/c1-13(2,18)12(17)14-9-4-5-10-8(7-9)3-6-11(16)15-10/h4-5,7,18H,3,6H2,1-2H3,(H,14,17)(H,15,16). The van der Waals surface area contributed by atoms with Crippen molar-refractivity contribution in [3.05, 3.63) is 23.8 Å². The summed E-state index contributed by atoms with van der Waals surface area (Å²) in [5, 5.41) is 15.0. The maximum absolute atomic E-state index is 11.6. The molecule has 0 saturated heterocycles. The number of carbonyl (C=O) groups is 2. The van der Waals surface area contributed by atoms with Gasteiger partial charge in [0, 0.05) is 17.8 Å². The molecule has 0 bridgehead atoms. The normalized spacial score (nSPS) is 14.7. The summed E-state index contributed by atoms with van der Waals surface area (Å²) in [5.41, 5.74) is 0.983. The van der Waals surface area contributed by atoms with Gasteiger partial charge in [0.25, 0.3) is 5.91 Å². The minimum atomic E-state index is -1.41. The second-order valence-corrected chi connectivity index (χ2v) is 4.93. The van der Waals surface area contributed by atoms with Crippen molar-refractivity contribution in [2.45, 2.75) is 32.3 Å². The molecule has 1 aromatic rings. The molecule has 1 heterocycles. The van der Waals surface area contributed by atoms with E-state index in [-0.39, 0.29) is 5.91 Å². The first-order chi connectivity index (χ1) is 8.36. The highest BCUT2D eigenvalue weighted by molar-refractivity contribution is 5.98. The molecule has 0 saturated carbocycles. The SMILES string of the molecule is CC(C)(O)C(=O)Nc1ccc2c(c1)CCC(=O)N2. The summed E-state index contributed by atoms with van der Waals surface area (Å²) in [6.45, 7) is 2.86. The first-order valence-corrected chi connectivity index (χ1v) is 5.83. The summed E-state index contributed by atoms with van der Waals surface area (Å²) in [6, 6.07) is 5.28. The van der Waals surface area contributed by atoms with E-state index < -0.39 is 11.5 Å². The van der Waals surface area contributed by atoms with E-state index >= 15 is 0 Å². The average molecular weight is 248 g/mol. The van der Waals surface area contributed by atoms with Crippen LogP contribution in [-0.4, -0.2) is 22.5 Å². The van der Waals surface area contributed by atoms with E-state index in [4.69, 9.17) is 0 Å². The van der Waals surface area contributed by atoms with Gasteiger partial charge in [-0.1, -0.05) is 0 Å². The fraction of sp³-hybridized carbons (Fsp3) is 0.385. The van der Waals surface area contributed by atoms with E-state index in [9.17, 15) is 14.7 Å². The molecule has 18 heavy (non-hydrogen) atoms. The summed E-state index contributed by atoms with van der Waals surface area (Å²) in [4.78, 5) is 22.8. The highest BCUT2D eigenvalue weighted by Crippen LogP contribution is 2.26. The molecule has 1 aromatic carbocycles. The Bertz CT molecular complexity index is 503. The van der Waals surface area contributed by atoms with Gasteiger partial charge in [0.2, 0.25) is 5.91 Å². The topological polar surface area (TPSA) is 78.4 Å². The van der Waals surface area contributed by atoms with Crippen molar-refractivity contribution in [3.63, 3.8) is 0 Å². The largest absolute Gasteiger partial charge is 0.381 e. The molecule has 3 N–H and O–H groups in total. The van der Waals surface area contributed by atoms with Crippen LogP contribution < -0.4 is 10.6 Å². The molecule has 0 aromatic heterocycles. The Morgan fingerprint density at radius 1 is 1.39 bits per heavy atom. The highest BCUT2D eigenvalue weighted by atomic mass is 16.3. The highest BCUT2D eigenvalue weighted by Gasteiger charge is 2.24. The Kier molecular flexibility index (Phi) is 3.09. The van der Waals surface area contributed by atoms with Crippen LogP contribution in [0.15, 0.2) is 18.2 Å². The van der Waals surface area contributed by atoms with Crippen LogP contribution in [0, 0.1) is 0 Å². The molecule has 96 valence electrons. The number of hydrogen-bond donors (Lipinski definition) is 3. The molecule has 0 unspecified atom stereocenters. The van der Waals surface area contributed by atoms with Gasteiger partial charge in [0.1, 0.15) is 5.60 Å². The Labute approximate surface area is 105 Å². The van der Waals surface area contributed by atoms with Crippen LogP contribution in [0.2, 0.25) is 0 Å². The van der Waals surface area contributed by atoms with Gasteiger partial charge in [0.15, 0.2) is 0 Å². The summed E-state index contributed by atoms with van der Waals surface area (Å²) in [5.74, 6) is -0.446. The molecule has 0 radical (unpaired) electrons. The predicted molar refractivity (Wildman–Crippen MR) is 68.3 cm³/mol. The number of hydrogen-bond acceptors (Lipinski definition) is 3. The van der Waals surface area contributed by atoms with Crippen LogP contribution in [-0.2, 0) is 16.0 Å². The van der Waals surface area contributed by atoms with E-state index in [1.165, 1.54) is 13.8 Å². The number of amides is 2. The minimum absolute atomic E-state index is 0.00998. The molecular weight excluding hydrogens is 232 g/mol. The second kappa shape index (κ2) is 4.42. The van der Waals surface area contributed by atoms with Crippen molar-refractivity contribution in [1.29, 1.82) is 0 Å². The van der Waals surface area contributed by atoms with Crippen LogP contribution >= 0.6 is 0 Å². The number of benzene rings is 1. The van der Waals surface area contributed by atoms with Gasteiger partial charge in [-0.3, -0.25) is 9.59 Å². The van der Waals surface area contributed by atoms with Crippen LogP contribution in [0.1, 0.15) is 25.8 Å². The maximum Gasteiger partial charge on any atom is 0.255 e. The number of aryl methyl sites for hydroxylation is 1. The van der Waals surface area contributed by atoms with E-state index in [1.807, 2.05) is 6.07 Å². The van der Waals surface area contributed by atoms with Gasteiger partial charge in [-0.25, -0.2) is 0 Å². The van der Waals surface area contributed by atoms with Crippen LogP contribution in [0.25, 0.3) is 0 Å². The third-order valence-corrected chi connectivity index (χ3v) is 2.81. The number of aliphatic hydroxyl groups is 1. The number of anilines is 2. The minimum Gasteiger partial charge on any atom is -0.381 e. The van der Waals surface area contributed by atoms with Crippen LogP contribution in [0.5, 0.6) is 0 Å². The van der Waals surface area contributed by atoms with E-state index in [0.717, 1.165) is 11.3 Å². The first kappa shape index (κ1) is 12.6.